The van der Waals surface area contributed by atoms with E-state index in [2.05, 4.69) is 20.1 Å². The zero-order valence-corrected chi connectivity index (χ0v) is 13.3. The van der Waals surface area contributed by atoms with E-state index >= 15 is 0 Å². The van der Waals surface area contributed by atoms with Crippen LogP contribution < -0.4 is 5.73 Å². The van der Waals surface area contributed by atoms with Crippen molar-refractivity contribution in [1.29, 1.82) is 0 Å². The average Bonchev–Trinajstić information content (AvgIpc) is 3.29. The van der Waals surface area contributed by atoms with Gasteiger partial charge in [-0.25, -0.2) is 23.7 Å². The number of aromatic nitrogens is 5. The van der Waals surface area contributed by atoms with Gasteiger partial charge in [0.1, 0.15) is 23.5 Å². The third-order valence-electron chi connectivity index (χ3n) is 3.71. The smallest absolute Gasteiger partial charge is 0.244 e. The van der Waals surface area contributed by atoms with Crippen molar-refractivity contribution in [3.8, 4) is 23.1 Å². The van der Waals surface area contributed by atoms with Crippen LogP contribution in [0.1, 0.15) is 5.56 Å². The lowest BCUT2D eigenvalue weighted by Crippen LogP contribution is -2.06. The second-order valence-electron chi connectivity index (χ2n) is 5.43. The maximum Gasteiger partial charge on any atom is 0.244 e. The number of benzene rings is 1. The normalized spacial score (nSPS) is 11.0. The SMILES string of the molecule is Nc1nc(-c2cc(-c3ncco3)n(Cc3ccccc3F)n2)ncc1F. The summed E-state index contributed by atoms with van der Waals surface area (Å²) in [6.07, 6.45) is 3.88. The monoisotopic (exact) mass is 354 g/mol. The molecule has 7 nitrogen and oxygen atoms in total. The molecule has 130 valence electrons. The summed E-state index contributed by atoms with van der Waals surface area (Å²) in [6, 6.07) is 7.99. The van der Waals surface area contributed by atoms with Crippen LogP contribution in [-0.2, 0) is 6.54 Å². The molecule has 0 saturated heterocycles. The van der Waals surface area contributed by atoms with Gasteiger partial charge in [0.25, 0.3) is 0 Å². The maximum atomic E-state index is 14.0. The van der Waals surface area contributed by atoms with E-state index in [4.69, 9.17) is 10.2 Å². The Kier molecular flexibility index (Phi) is 3.88. The first-order valence-electron chi connectivity index (χ1n) is 7.61. The molecule has 26 heavy (non-hydrogen) atoms. The Labute approximate surface area is 146 Å². The van der Waals surface area contributed by atoms with Gasteiger partial charge in [0.15, 0.2) is 17.5 Å². The molecule has 4 rings (SSSR count). The highest BCUT2D eigenvalue weighted by atomic mass is 19.1. The molecule has 1 aromatic carbocycles. The minimum absolute atomic E-state index is 0.140. The number of nitrogens with zero attached hydrogens (tertiary/aromatic N) is 5. The first kappa shape index (κ1) is 15.9. The Hall–Kier alpha value is -3.62. The van der Waals surface area contributed by atoms with Crippen LogP contribution in [0.25, 0.3) is 23.1 Å². The van der Waals surface area contributed by atoms with E-state index in [0.717, 1.165) is 6.20 Å². The highest BCUT2D eigenvalue weighted by molar-refractivity contribution is 5.60. The standard InChI is InChI=1S/C17H12F2N6O/c18-11-4-2-1-3-10(11)9-25-14(17-21-5-6-26-17)7-13(24-25)16-22-8-12(19)15(20)23-16/h1-8H,9H2,(H2,20,22,23). The Morgan fingerprint density at radius 2 is 1.96 bits per heavy atom. The molecule has 0 saturated carbocycles. The summed E-state index contributed by atoms with van der Waals surface area (Å²) in [5, 5.41) is 4.39. The molecule has 0 bridgehead atoms. The molecule has 0 atom stereocenters. The minimum Gasteiger partial charge on any atom is -0.443 e. The molecule has 0 spiro atoms. The van der Waals surface area contributed by atoms with Crippen LogP contribution in [-0.4, -0.2) is 24.7 Å². The van der Waals surface area contributed by atoms with E-state index in [1.807, 2.05) is 0 Å². The van der Waals surface area contributed by atoms with Gasteiger partial charge >= 0.3 is 0 Å². The quantitative estimate of drug-likeness (QED) is 0.605. The van der Waals surface area contributed by atoms with Gasteiger partial charge < -0.3 is 10.2 Å². The number of halogens is 2. The van der Waals surface area contributed by atoms with E-state index in [9.17, 15) is 8.78 Å². The zero-order chi connectivity index (χ0) is 18.1. The van der Waals surface area contributed by atoms with Gasteiger partial charge in [-0.15, -0.1) is 0 Å². The molecular weight excluding hydrogens is 342 g/mol. The third-order valence-corrected chi connectivity index (χ3v) is 3.71. The zero-order valence-electron chi connectivity index (χ0n) is 13.3. The van der Waals surface area contributed by atoms with Gasteiger partial charge in [-0.3, -0.25) is 4.68 Å². The van der Waals surface area contributed by atoms with Crippen molar-refractivity contribution in [2.24, 2.45) is 0 Å². The third kappa shape index (κ3) is 2.90. The highest BCUT2D eigenvalue weighted by Gasteiger charge is 2.18. The fourth-order valence-corrected chi connectivity index (χ4v) is 2.46. The second kappa shape index (κ2) is 6.36. The summed E-state index contributed by atoms with van der Waals surface area (Å²) in [6.45, 7) is 0.140. The van der Waals surface area contributed by atoms with Crippen molar-refractivity contribution in [1.82, 2.24) is 24.7 Å². The van der Waals surface area contributed by atoms with Crippen LogP contribution in [0, 0.1) is 11.6 Å². The summed E-state index contributed by atoms with van der Waals surface area (Å²) < 4.78 is 34.2. The molecule has 0 aliphatic heterocycles. The predicted octanol–water partition coefficient (Wildman–Crippen LogP) is 2.90. The lowest BCUT2D eigenvalue weighted by molar-refractivity contribution is 0.553. The second-order valence-corrected chi connectivity index (χ2v) is 5.43. The van der Waals surface area contributed by atoms with Crippen molar-refractivity contribution < 1.29 is 13.2 Å². The van der Waals surface area contributed by atoms with Gasteiger partial charge in [-0.2, -0.15) is 5.10 Å². The van der Waals surface area contributed by atoms with Crippen LogP contribution in [0.4, 0.5) is 14.6 Å². The number of anilines is 1. The lowest BCUT2D eigenvalue weighted by Gasteiger charge is -2.06. The average molecular weight is 354 g/mol. The molecule has 0 radical (unpaired) electrons. The van der Waals surface area contributed by atoms with Gasteiger partial charge in [-0.05, 0) is 6.07 Å². The summed E-state index contributed by atoms with van der Waals surface area (Å²) in [4.78, 5) is 11.9. The minimum atomic E-state index is -0.715. The number of nitrogens with two attached hydrogens (primary N) is 1. The van der Waals surface area contributed by atoms with Crippen molar-refractivity contribution >= 4 is 5.82 Å². The predicted molar refractivity (Wildman–Crippen MR) is 88.6 cm³/mol. The summed E-state index contributed by atoms with van der Waals surface area (Å²) in [5.74, 6) is -0.909. The first-order chi connectivity index (χ1) is 12.6. The van der Waals surface area contributed by atoms with Gasteiger partial charge in [-0.1, -0.05) is 18.2 Å². The summed E-state index contributed by atoms with van der Waals surface area (Å²) in [7, 11) is 0. The number of oxazole rings is 1. The molecule has 0 amide bonds. The fourth-order valence-electron chi connectivity index (χ4n) is 2.46. The number of hydrogen-bond donors (Lipinski definition) is 1. The van der Waals surface area contributed by atoms with E-state index in [1.54, 1.807) is 24.3 Å². The van der Waals surface area contributed by atoms with Crippen LogP contribution in [0.5, 0.6) is 0 Å². The van der Waals surface area contributed by atoms with Gasteiger partial charge in [0.2, 0.25) is 5.89 Å². The Bertz CT molecular complexity index is 1060. The molecule has 0 unspecified atom stereocenters. The van der Waals surface area contributed by atoms with Crippen molar-refractivity contribution in [3.05, 3.63) is 66.2 Å². The van der Waals surface area contributed by atoms with E-state index in [0.29, 0.717) is 22.8 Å². The maximum absolute atomic E-state index is 14.0. The summed E-state index contributed by atoms with van der Waals surface area (Å²) in [5.41, 5.74) is 6.77. The summed E-state index contributed by atoms with van der Waals surface area (Å²) >= 11 is 0. The van der Waals surface area contributed by atoms with E-state index in [-0.39, 0.29) is 24.0 Å². The molecule has 9 heteroatoms. The van der Waals surface area contributed by atoms with Crippen LogP contribution >= 0.6 is 0 Å². The Morgan fingerprint density at radius 1 is 1.12 bits per heavy atom. The molecule has 3 aromatic heterocycles. The fraction of sp³-hybridized carbons (Fsp3) is 0.0588. The highest BCUT2D eigenvalue weighted by Crippen LogP contribution is 2.25. The molecule has 0 fully saturated rings. The van der Waals surface area contributed by atoms with E-state index in [1.165, 1.54) is 23.2 Å². The van der Waals surface area contributed by atoms with Crippen LogP contribution in [0.15, 0.2) is 53.4 Å². The van der Waals surface area contributed by atoms with E-state index < -0.39 is 5.82 Å². The van der Waals surface area contributed by atoms with Gasteiger partial charge in [0.05, 0.1) is 18.9 Å². The molecule has 4 aromatic rings. The molecule has 0 aliphatic carbocycles. The van der Waals surface area contributed by atoms with Crippen molar-refractivity contribution in [2.75, 3.05) is 5.73 Å². The Balaban J connectivity index is 1.80. The largest absolute Gasteiger partial charge is 0.443 e. The number of hydrogen-bond acceptors (Lipinski definition) is 6. The van der Waals surface area contributed by atoms with Gasteiger partial charge in [0, 0.05) is 11.6 Å². The number of nitrogen functional groups attached to an aromatic ring is 1. The molecular formula is C17H12F2N6O. The molecule has 0 aliphatic rings. The van der Waals surface area contributed by atoms with Crippen molar-refractivity contribution in [3.63, 3.8) is 0 Å². The van der Waals surface area contributed by atoms with Crippen LogP contribution in [0.3, 0.4) is 0 Å². The first-order valence-corrected chi connectivity index (χ1v) is 7.61. The molecule has 3 heterocycles. The molecule has 2 N–H and O–H groups in total. The topological polar surface area (TPSA) is 95.7 Å². The Morgan fingerprint density at radius 3 is 2.69 bits per heavy atom. The lowest BCUT2D eigenvalue weighted by atomic mass is 10.2. The number of rotatable bonds is 4. The van der Waals surface area contributed by atoms with Crippen molar-refractivity contribution in [2.45, 2.75) is 6.54 Å². The van der Waals surface area contributed by atoms with Crippen LogP contribution in [0.2, 0.25) is 0 Å².